The predicted octanol–water partition coefficient (Wildman–Crippen LogP) is -1.35. The van der Waals surface area contributed by atoms with Gasteiger partial charge in [-0.15, -0.1) is 0 Å². The van der Waals surface area contributed by atoms with Crippen molar-refractivity contribution < 1.29 is 50.7 Å². The molecule has 1 aromatic carbocycles. The largest absolute Gasteiger partial charge is 1.00 e. The first kappa shape index (κ1) is 30.1. The third-order valence-corrected chi connectivity index (χ3v) is 1.26. The summed E-state index contributed by atoms with van der Waals surface area (Å²) in [6.45, 7) is 11.4. The zero-order chi connectivity index (χ0) is 10.4. The molecule has 3 heteroatoms. The van der Waals surface area contributed by atoms with Gasteiger partial charge in [-0.2, -0.15) is 31.0 Å². The second-order valence-corrected chi connectivity index (χ2v) is 2.67. The molecule has 0 aromatic heterocycles. The smallest absolute Gasteiger partial charge is 0 e. The van der Waals surface area contributed by atoms with E-state index >= 15 is 0 Å². The van der Waals surface area contributed by atoms with Gasteiger partial charge in [0.1, 0.15) is 0 Å². The molecule has 0 N–H and O–H groups in total. The minimum absolute atomic E-state index is 0. The van der Waals surface area contributed by atoms with Gasteiger partial charge in [-0.05, 0) is 0 Å². The van der Waals surface area contributed by atoms with Crippen molar-refractivity contribution in [1.29, 1.82) is 0 Å². The summed E-state index contributed by atoms with van der Waals surface area (Å²) in [5.74, 6) is 0. The topological polar surface area (TPSA) is 0 Å². The Morgan fingerprint density at radius 2 is 1.12 bits per heavy atom. The number of unbranched alkanes of at least 4 members (excludes halogenated alkanes) is 2. The average molecular weight is 429 g/mol. The monoisotopic (exact) mass is 429 g/mol. The van der Waals surface area contributed by atoms with Gasteiger partial charge in [-0.1, -0.05) is 26.7 Å². The number of rotatable bonds is 2. The van der Waals surface area contributed by atoms with E-state index in [1.54, 1.807) is 0 Å². The van der Waals surface area contributed by atoms with Crippen molar-refractivity contribution >= 4 is 0 Å². The molecule has 0 amide bonds. The molecule has 0 bridgehead atoms. The van der Waals surface area contributed by atoms with Gasteiger partial charge in [-0.3, -0.25) is 0 Å². The molecule has 1 aromatic rings. The molecule has 0 saturated heterocycles. The Bertz CT molecular complexity index is 105. The maximum atomic E-state index is 3.60. The van der Waals surface area contributed by atoms with Crippen LogP contribution in [0.2, 0.25) is 0 Å². The van der Waals surface area contributed by atoms with Gasteiger partial charge in [0.25, 0.3) is 0 Å². The van der Waals surface area contributed by atoms with Crippen LogP contribution in [0.1, 0.15) is 39.5 Å². The Hall–Kier alpha value is 0.800. The second-order valence-electron chi connectivity index (χ2n) is 2.67. The van der Waals surface area contributed by atoms with Crippen LogP contribution in [0.25, 0.3) is 0 Å². The molecule has 0 saturated carbocycles. The number of halogens is 2. The van der Waals surface area contributed by atoms with Crippen LogP contribution in [0.15, 0.2) is 30.3 Å². The summed E-state index contributed by atoms with van der Waals surface area (Å²) in [4.78, 5) is 0. The molecule has 0 spiro atoms. The number of hydrogen-bond donors (Lipinski definition) is 0. The van der Waals surface area contributed by atoms with E-state index in [2.05, 4.69) is 27.7 Å². The van der Waals surface area contributed by atoms with Crippen molar-refractivity contribution in [2.75, 3.05) is 0 Å². The molecule has 0 heterocycles. The van der Waals surface area contributed by atoms with Crippen LogP contribution < -0.4 is 24.8 Å². The van der Waals surface area contributed by atoms with Gasteiger partial charge in [0.05, 0.1) is 0 Å². The van der Waals surface area contributed by atoms with E-state index in [1.165, 1.54) is 12.8 Å². The summed E-state index contributed by atoms with van der Waals surface area (Å²) >= 11 is 0. The van der Waals surface area contributed by atoms with Crippen molar-refractivity contribution in [2.45, 2.75) is 39.5 Å². The van der Waals surface area contributed by atoms with Gasteiger partial charge < -0.3 is 38.7 Å². The van der Waals surface area contributed by atoms with E-state index in [1.807, 2.05) is 30.3 Å². The van der Waals surface area contributed by atoms with Crippen LogP contribution in [-0.2, 0) is 25.8 Å². The molecular formula is C13H23Cl2Hf-5. The molecule has 0 aliphatic heterocycles. The van der Waals surface area contributed by atoms with Crippen molar-refractivity contribution in [1.82, 2.24) is 0 Å². The molecule has 0 fully saturated rings. The Balaban J connectivity index is -0.0000000350. The van der Waals surface area contributed by atoms with Crippen LogP contribution in [-0.4, -0.2) is 0 Å². The molecule has 0 nitrogen and oxygen atoms in total. The molecule has 98 valence electrons. The van der Waals surface area contributed by atoms with E-state index in [-0.39, 0.29) is 50.7 Å². The van der Waals surface area contributed by atoms with Gasteiger partial charge in [0.2, 0.25) is 0 Å². The van der Waals surface area contributed by atoms with Gasteiger partial charge in [0, 0.05) is 25.8 Å². The minimum Gasteiger partial charge on any atom is -1.00 e. The van der Waals surface area contributed by atoms with E-state index in [0.717, 1.165) is 12.8 Å². The molecule has 0 unspecified atom stereocenters. The first-order valence-electron chi connectivity index (χ1n) is 5.08. The van der Waals surface area contributed by atoms with Crippen LogP contribution >= 0.6 is 0 Å². The SMILES string of the molecule is [CH2-]CCC.[CH2-]CCC.[Cl-].[Cl-].[Hf].c1cc[cH-]c1. The maximum Gasteiger partial charge on any atom is 0 e. The molecule has 0 atom stereocenters. The second kappa shape index (κ2) is 36.0. The average Bonchev–Trinajstić information content (AvgIpc) is 2.76. The Morgan fingerprint density at radius 3 is 1.19 bits per heavy atom. The fourth-order valence-electron chi connectivity index (χ4n) is 0.321. The molecule has 1 rings (SSSR count). The maximum absolute atomic E-state index is 3.60. The van der Waals surface area contributed by atoms with Crippen molar-refractivity contribution in [3.8, 4) is 0 Å². The molecule has 16 heavy (non-hydrogen) atoms. The zero-order valence-electron chi connectivity index (χ0n) is 10.4. The van der Waals surface area contributed by atoms with Crippen LogP contribution in [0.3, 0.4) is 0 Å². The fourth-order valence-corrected chi connectivity index (χ4v) is 0.321. The third-order valence-electron chi connectivity index (χ3n) is 1.26. The molecule has 0 aliphatic rings. The van der Waals surface area contributed by atoms with E-state index < -0.39 is 0 Å². The quantitative estimate of drug-likeness (QED) is 0.404. The Labute approximate surface area is 134 Å². The first-order valence-corrected chi connectivity index (χ1v) is 5.08. The summed E-state index contributed by atoms with van der Waals surface area (Å²) in [6, 6.07) is 10.0. The van der Waals surface area contributed by atoms with Crippen molar-refractivity contribution in [3.05, 3.63) is 44.2 Å². The van der Waals surface area contributed by atoms with E-state index in [4.69, 9.17) is 0 Å². The standard InChI is InChI=1S/C5H5.2C4H9.2ClH.Hf/c1-2-4-5-3-1;2*1-3-4-2;;;/h1-5H;2*1,3-4H2,2H3;2*1H;/q3*-1;;;/p-2. The zero-order valence-corrected chi connectivity index (χ0v) is 15.5. The summed E-state index contributed by atoms with van der Waals surface area (Å²) in [7, 11) is 0. The van der Waals surface area contributed by atoms with E-state index in [0.29, 0.717) is 0 Å². The fraction of sp³-hybridized carbons (Fsp3) is 0.462. The van der Waals surface area contributed by atoms with Gasteiger partial charge in [-0.25, -0.2) is 12.1 Å². The van der Waals surface area contributed by atoms with Gasteiger partial charge in [0.15, 0.2) is 0 Å². The number of hydrogen-bond acceptors (Lipinski definition) is 0. The molecule has 0 radical (unpaired) electrons. The van der Waals surface area contributed by atoms with Crippen LogP contribution in [0.4, 0.5) is 0 Å². The van der Waals surface area contributed by atoms with Crippen LogP contribution in [0, 0.1) is 13.8 Å². The van der Waals surface area contributed by atoms with E-state index in [9.17, 15) is 0 Å². The Morgan fingerprint density at radius 1 is 0.875 bits per heavy atom. The first-order chi connectivity index (χ1) is 6.33. The normalized spacial score (nSPS) is 6.25. The summed E-state index contributed by atoms with van der Waals surface area (Å²) in [5, 5.41) is 0. The summed E-state index contributed by atoms with van der Waals surface area (Å²) < 4.78 is 0. The minimum atomic E-state index is 0. The molecular weight excluding hydrogens is 406 g/mol. The molecule has 0 aliphatic carbocycles. The Kier molecular flexibility index (Phi) is 67.8. The van der Waals surface area contributed by atoms with Crippen molar-refractivity contribution in [2.24, 2.45) is 0 Å². The summed E-state index contributed by atoms with van der Waals surface area (Å²) in [6.07, 6.45) is 4.56. The van der Waals surface area contributed by atoms with Crippen LogP contribution in [0.5, 0.6) is 0 Å². The summed E-state index contributed by atoms with van der Waals surface area (Å²) in [5.41, 5.74) is 0. The predicted molar refractivity (Wildman–Crippen MR) is 62.6 cm³/mol. The van der Waals surface area contributed by atoms with Gasteiger partial charge >= 0.3 is 0 Å². The third kappa shape index (κ3) is 46.3. The van der Waals surface area contributed by atoms with Crippen molar-refractivity contribution in [3.63, 3.8) is 0 Å².